The molecular weight excluding hydrogens is 266 g/mol. The molecule has 7 nitrogen and oxygen atoms in total. The van der Waals surface area contributed by atoms with Gasteiger partial charge in [0.2, 0.25) is 0 Å². The third kappa shape index (κ3) is 2.49. The van der Waals surface area contributed by atoms with Gasteiger partial charge in [-0.25, -0.2) is 4.79 Å². The summed E-state index contributed by atoms with van der Waals surface area (Å²) in [4.78, 5) is 13.7. The number of fused-ring (bicyclic) bond motifs is 1. The predicted molar refractivity (Wildman–Crippen MR) is 67.6 cm³/mol. The highest BCUT2D eigenvalue weighted by Gasteiger charge is 2.21. The highest BCUT2D eigenvalue weighted by molar-refractivity contribution is 7.03. The summed E-state index contributed by atoms with van der Waals surface area (Å²) < 4.78 is 10.4. The first-order valence-electron chi connectivity index (χ1n) is 5.89. The van der Waals surface area contributed by atoms with E-state index in [0.29, 0.717) is 5.69 Å². The number of ether oxygens (including phenoxy) is 1. The molecule has 100 valence electrons. The number of aromatic nitrogens is 4. The molecule has 19 heavy (non-hydrogen) atoms. The molecule has 0 N–H and O–H groups in total. The van der Waals surface area contributed by atoms with Crippen LogP contribution in [0.1, 0.15) is 21.9 Å². The first-order chi connectivity index (χ1) is 9.26. The van der Waals surface area contributed by atoms with Gasteiger partial charge in [-0.2, -0.15) is 5.10 Å². The Labute approximate surface area is 114 Å². The molecule has 0 saturated heterocycles. The van der Waals surface area contributed by atoms with Gasteiger partial charge < -0.3 is 4.74 Å². The number of rotatable bonds is 3. The Morgan fingerprint density at radius 2 is 2.42 bits per heavy atom. The molecule has 0 aliphatic carbocycles. The lowest BCUT2D eigenvalue weighted by molar-refractivity contribution is 0.0593. The molecule has 2 aromatic rings. The van der Waals surface area contributed by atoms with Crippen LogP contribution in [0.4, 0.5) is 0 Å². The lowest BCUT2D eigenvalue weighted by atomic mass is 10.2. The molecule has 0 aromatic carbocycles. The largest absolute Gasteiger partial charge is 0.464 e. The van der Waals surface area contributed by atoms with E-state index in [9.17, 15) is 4.79 Å². The smallest absolute Gasteiger partial charge is 0.358 e. The molecule has 1 aliphatic heterocycles. The molecule has 0 amide bonds. The number of hydrogen-bond donors (Lipinski definition) is 0. The molecule has 0 bridgehead atoms. The van der Waals surface area contributed by atoms with Crippen molar-refractivity contribution in [3.05, 3.63) is 28.5 Å². The Morgan fingerprint density at radius 3 is 3.16 bits per heavy atom. The van der Waals surface area contributed by atoms with Crippen molar-refractivity contribution >= 4 is 17.5 Å². The highest BCUT2D eigenvalue weighted by atomic mass is 32.1. The second-order valence-corrected chi connectivity index (χ2v) is 4.95. The maximum atomic E-state index is 11.4. The fourth-order valence-corrected chi connectivity index (χ4v) is 2.58. The summed E-state index contributed by atoms with van der Waals surface area (Å²) in [6.07, 6.45) is 0. The third-order valence-electron chi connectivity index (χ3n) is 3.06. The first kappa shape index (κ1) is 12.2. The zero-order valence-corrected chi connectivity index (χ0v) is 11.3. The van der Waals surface area contributed by atoms with Crippen molar-refractivity contribution in [3.63, 3.8) is 0 Å². The van der Waals surface area contributed by atoms with Crippen LogP contribution in [0.5, 0.6) is 0 Å². The Hall–Kier alpha value is -1.80. The maximum Gasteiger partial charge on any atom is 0.358 e. The fourth-order valence-electron chi connectivity index (χ4n) is 2.14. The van der Waals surface area contributed by atoms with E-state index < -0.39 is 5.97 Å². The molecule has 0 atom stereocenters. The topological polar surface area (TPSA) is 73.1 Å². The van der Waals surface area contributed by atoms with Gasteiger partial charge in [-0.05, 0) is 17.6 Å². The lowest BCUT2D eigenvalue weighted by Crippen LogP contribution is -2.33. The van der Waals surface area contributed by atoms with Crippen LogP contribution < -0.4 is 0 Å². The van der Waals surface area contributed by atoms with Crippen molar-refractivity contribution in [1.29, 1.82) is 0 Å². The molecule has 0 unspecified atom stereocenters. The van der Waals surface area contributed by atoms with Gasteiger partial charge in [0, 0.05) is 25.0 Å². The molecule has 1 aliphatic rings. The van der Waals surface area contributed by atoms with Crippen LogP contribution in [-0.4, -0.2) is 43.9 Å². The van der Waals surface area contributed by atoms with E-state index in [2.05, 4.69) is 24.3 Å². The summed E-state index contributed by atoms with van der Waals surface area (Å²) in [6.45, 7) is 3.17. The maximum absolute atomic E-state index is 11.4. The highest BCUT2D eigenvalue weighted by Crippen LogP contribution is 2.16. The number of methoxy groups -OCH3 is 1. The molecule has 0 radical (unpaired) electrons. The standard InChI is InChI=1S/C11H13N5O2S/c1-18-11(17)10-4-9-6-15(2-3-16(9)13-10)5-8-7-19-14-12-8/h4,7H,2-3,5-6H2,1H3. The van der Waals surface area contributed by atoms with Gasteiger partial charge in [0.05, 0.1) is 25.0 Å². The molecule has 3 rings (SSSR count). The Morgan fingerprint density at radius 1 is 1.53 bits per heavy atom. The number of carbonyl (C=O) groups is 1. The van der Waals surface area contributed by atoms with Crippen LogP contribution >= 0.6 is 11.5 Å². The van der Waals surface area contributed by atoms with E-state index in [0.717, 1.165) is 37.6 Å². The zero-order chi connectivity index (χ0) is 13.2. The minimum atomic E-state index is -0.392. The van der Waals surface area contributed by atoms with Crippen LogP contribution in [-0.2, 0) is 24.4 Å². The molecule has 0 saturated carbocycles. The van der Waals surface area contributed by atoms with Gasteiger partial charge in [0.25, 0.3) is 0 Å². The quantitative estimate of drug-likeness (QED) is 0.763. The molecule has 0 spiro atoms. The predicted octanol–water partition coefficient (Wildman–Crippen LogP) is 0.537. The van der Waals surface area contributed by atoms with Gasteiger partial charge in [0.1, 0.15) is 0 Å². The fraction of sp³-hybridized carbons (Fsp3) is 0.455. The van der Waals surface area contributed by atoms with Crippen molar-refractivity contribution in [2.45, 2.75) is 19.6 Å². The molecule has 8 heteroatoms. The number of carbonyl (C=O) groups excluding carboxylic acids is 1. The van der Waals surface area contributed by atoms with Crippen molar-refractivity contribution < 1.29 is 9.53 Å². The van der Waals surface area contributed by atoms with E-state index in [1.165, 1.54) is 18.6 Å². The van der Waals surface area contributed by atoms with Gasteiger partial charge in [-0.15, -0.1) is 5.10 Å². The number of nitrogens with zero attached hydrogens (tertiary/aromatic N) is 5. The van der Waals surface area contributed by atoms with Crippen LogP contribution in [0.3, 0.4) is 0 Å². The third-order valence-corrected chi connectivity index (χ3v) is 3.62. The lowest BCUT2D eigenvalue weighted by Gasteiger charge is -2.26. The Kier molecular flexibility index (Phi) is 3.26. The van der Waals surface area contributed by atoms with Crippen LogP contribution in [0, 0.1) is 0 Å². The van der Waals surface area contributed by atoms with Crippen molar-refractivity contribution in [3.8, 4) is 0 Å². The zero-order valence-electron chi connectivity index (χ0n) is 10.4. The van der Waals surface area contributed by atoms with Gasteiger partial charge in [-0.3, -0.25) is 9.58 Å². The SMILES string of the molecule is COC(=O)c1cc2n(n1)CCN(Cc1csnn1)C2. The summed E-state index contributed by atoms with van der Waals surface area (Å²) in [6, 6.07) is 1.79. The summed E-state index contributed by atoms with van der Waals surface area (Å²) in [5.41, 5.74) is 2.37. The first-order valence-corrected chi connectivity index (χ1v) is 6.73. The summed E-state index contributed by atoms with van der Waals surface area (Å²) in [7, 11) is 1.36. The number of hydrogen-bond acceptors (Lipinski definition) is 7. The monoisotopic (exact) mass is 279 g/mol. The normalized spacial score (nSPS) is 15.2. The molecule has 3 heterocycles. The molecular formula is C11H13N5O2S. The Bertz CT molecular complexity index is 580. The van der Waals surface area contributed by atoms with E-state index in [-0.39, 0.29) is 0 Å². The van der Waals surface area contributed by atoms with Crippen LogP contribution in [0.25, 0.3) is 0 Å². The summed E-state index contributed by atoms with van der Waals surface area (Å²) in [5, 5.41) is 10.2. The van der Waals surface area contributed by atoms with Crippen molar-refractivity contribution in [1.82, 2.24) is 24.3 Å². The second kappa shape index (κ2) is 5.06. The molecule has 2 aromatic heterocycles. The summed E-state index contributed by atoms with van der Waals surface area (Å²) in [5.74, 6) is -0.392. The summed E-state index contributed by atoms with van der Waals surface area (Å²) >= 11 is 1.36. The Balaban J connectivity index is 1.73. The van der Waals surface area contributed by atoms with Gasteiger partial charge in [-0.1, -0.05) is 4.49 Å². The number of esters is 1. The van der Waals surface area contributed by atoms with E-state index in [1.54, 1.807) is 6.07 Å². The van der Waals surface area contributed by atoms with Crippen LogP contribution in [0.15, 0.2) is 11.4 Å². The second-order valence-electron chi connectivity index (χ2n) is 4.34. The van der Waals surface area contributed by atoms with E-state index in [1.807, 2.05) is 10.1 Å². The minimum absolute atomic E-state index is 0.370. The average molecular weight is 279 g/mol. The van der Waals surface area contributed by atoms with E-state index >= 15 is 0 Å². The van der Waals surface area contributed by atoms with Gasteiger partial charge >= 0.3 is 5.97 Å². The van der Waals surface area contributed by atoms with E-state index in [4.69, 9.17) is 0 Å². The van der Waals surface area contributed by atoms with Crippen LogP contribution in [0.2, 0.25) is 0 Å². The van der Waals surface area contributed by atoms with Crippen molar-refractivity contribution in [2.75, 3.05) is 13.7 Å². The minimum Gasteiger partial charge on any atom is -0.464 e. The van der Waals surface area contributed by atoms with Gasteiger partial charge in [0.15, 0.2) is 5.69 Å². The molecule has 0 fully saturated rings. The van der Waals surface area contributed by atoms with Crippen molar-refractivity contribution in [2.24, 2.45) is 0 Å². The average Bonchev–Trinajstić information content (AvgIpc) is 3.06.